The molecule has 0 aromatic carbocycles. The van der Waals surface area contributed by atoms with Crippen molar-refractivity contribution < 1.29 is 0 Å². The molecule has 0 aliphatic heterocycles. The molecule has 0 heterocycles. The molecule has 0 aliphatic carbocycles. The van der Waals surface area contributed by atoms with Crippen LogP contribution in [0, 0.1) is 0 Å². The van der Waals surface area contributed by atoms with Gasteiger partial charge in [0.15, 0.2) is 0 Å². The van der Waals surface area contributed by atoms with E-state index in [0.29, 0.717) is 6.17 Å². The zero-order chi connectivity index (χ0) is 7.98. The Labute approximate surface area is 64.6 Å². The third-order valence-corrected chi connectivity index (χ3v) is 1.94. The topological polar surface area (TPSA) is 15.3 Å². The Kier molecular flexibility index (Phi) is 5.64. The molecule has 1 N–H and O–H groups in total. The van der Waals surface area contributed by atoms with E-state index in [2.05, 4.69) is 31.1 Å². The molecule has 0 aliphatic rings. The summed E-state index contributed by atoms with van der Waals surface area (Å²) in [6.07, 6.45) is 3.08. The van der Waals surface area contributed by atoms with Gasteiger partial charge < -0.3 is 5.32 Å². The summed E-state index contributed by atoms with van der Waals surface area (Å²) in [4.78, 5) is 2.32. The molecule has 0 rings (SSSR count). The molecule has 0 bridgehead atoms. The van der Waals surface area contributed by atoms with Crippen LogP contribution in [0.2, 0.25) is 0 Å². The minimum absolute atomic E-state index is 0.506. The maximum Gasteiger partial charge on any atom is 0.0562 e. The van der Waals surface area contributed by atoms with Gasteiger partial charge in [0, 0.05) is 0 Å². The van der Waals surface area contributed by atoms with E-state index >= 15 is 0 Å². The molecule has 2 nitrogen and oxygen atoms in total. The van der Waals surface area contributed by atoms with Gasteiger partial charge in [0.25, 0.3) is 0 Å². The normalized spacial score (nSPS) is 14.1. The average molecular weight is 144 g/mol. The van der Waals surface area contributed by atoms with E-state index in [1.807, 2.05) is 7.05 Å². The van der Waals surface area contributed by atoms with Crippen LogP contribution in [0.1, 0.15) is 26.7 Å². The zero-order valence-electron chi connectivity index (χ0n) is 7.65. The minimum Gasteiger partial charge on any atom is -0.305 e. The fourth-order valence-electron chi connectivity index (χ4n) is 0.822. The highest BCUT2D eigenvalue weighted by Gasteiger charge is 2.03. The average Bonchev–Trinajstić information content (AvgIpc) is 1.98. The molecular weight excluding hydrogens is 124 g/mol. The van der Waals surface area contributed by atoms with Gasteiger partial charge in [-0.2, -0.15) is 0 Å². The number of nitrogens with zero attached hydrogens (tertiary/aromatic N) is 1. The predicted molar refractivity (Wildman–Crippen MR) is 46.1 cm³/mol. The summed E-state index contributed by atoms with van der Waals surface area (Å²) in [5, 5.41) is 3.20. The standard InChI is InChI=1S/C8H20N2/c1-5-6-7-10(4)8(2)9-3/h8-9H,5-7H2,1-4H3/t8-/m0/s1. The fraction of sp³-hybridized carbons (Fsp3) is 1.00. The van der Waals surface area contributed by atoms with E-state index in [4.69, 9.17) is 0 Å². The molecule has 0 amide bonds. The molecule has 0 unspecified atom stereocenters. The quantitative estimate of drug-likeness (QED) is 0.585. The van der Waals surface area contributed by atoms with E-state index in [-0.39, 0.29) is 0 Å². The van der Waals surface area contributed by atoms with Crippen LogP contribution in [0.25, 0.3) is 0 Å². The SMILES string of the molecule is CCCCN(C)[C@@H](C)NC. The number of hydrogen-bond donors (Lipinski definition) is 1. The summed E-state index contributed by atoms with van der Waals surface area (Å²) in [6.45, 7) is 5.59. The molecule has 62 valence electrons. The Hall–Kier alpha value is -0.0800. The second kappa shape index (κ2) is 5.69. The van der Waals surface area contributed by atoms with Crippen LogP contribution in [0.4, 0.5) is 0 Å². The van der Waals surface area contributed by atoms with Crippen LogP contribution in [-0.2, 0) is 0 Å². The number of unbranched alkanes of at least 4 members (excludes halogenated alkanes) is 1. The Morgan fingerprint density at radius 2 is 2.10 bits per heavy atom. The van der Waals surface area contributed by atoms with Gasteiger partial charge in [-0.3, -0.25) is 4.90 Å². The Morgan fingerprint density at radius 3 is 2.50 bits per heavy atom. The van der Waals surface area contributed by atoms with Crippen LogP contribution >= 0.6 is 0 Å². The number of hydrogen-bond acceptors (Lipinski definition) is 2. The Balaban J connectivity index is 3.31. The lowest BCUT2D eigenvalue weighted by molar-refractivity contribution is 0.227. The third-order valence-electron chi connectivity index (χ3n) is 1.94. The maximum atomic E-state index is 3.20. The van der Waals surface area contributed by atoms with Crippen molar-refractivity contribution >= 4 is 0 Å². The lowest BCUT2D eigenvalue weighted by Crippen LogP contribution is -2.39. The first-order valence-corrected chi connectivity index (χ1v) is 4.09. The van der Waals surface area contributed by atoms with Crippen molar-refractivity contribution in [3.63, 3.8) is 0 Å². The molecule has 0 saturated carbocycles. The molecule has 2 heteroatoms. The van der Waals surface area contributed by atoms with Crippen LogP contribution in [0.3, 0.4) is 0 Å². The van der Waals surface area contributed by atoms with Gasteiger partial charge in [-0.15, -0.1) is 0 Å². The van der Waals surface area contributed by atoms with Crippen molar-refractivity contribution in [2.45, 2.75) is 32.9 Å². The summed E-state index contributed by atoms with van der Waals surface area (Å²) in [7, 11) is 4.14. The number of rotatable bonds is 5. The van der Waals surface area contributed by atoms with Gasteiger partial charge >= 0.3 is 0 Å². The van der Waals surface area contributed by atoms with Gasteiger partial charge in [0.1, 0.15) is 0 Å². The van der Waals surface area contributed by atoms with Crippen molar-refractivity contribution in [1.29, 1.82) is 0 Å². The molecule has 0 radical (unpaired) electrons. The molecule has 0 fully saturated rings. The first kappa shape index (κ1) is 9.92. The highest BCUT2D eigenvalue weighted by molar-refractivity contribution is 4.56. The van der Waals surface area contributed by atoms with Gasteiger partial charge in [0.2, 0.25) is 0 Å². The van der Waals surface area contributed by atoms with Gasteiger partial charge in [-0.1, -0.05) is 13.3 Å². The van der Waals surface area contributed by atoms with E-state index in [9.17, 15) is 0 Å². The molecule has 1 atom stereocenters. The van der Waals surface area contributed by atoms with Crippen LogP contribution < -0.4 is 5.32 Å². The van der Waals surface area contributed by atoms with Gasteiger partial charge in [-0.25, -0.2) is 0 Å². The van der Waals surface area contributed by atoms with E-state index in [0.717, 1.165) is 0 Å². The lowest BCUT2D eigenvalue weighted by atomic mass is 10.3. The minimum atomic E-state index is 0.506. The van der Waals surface area contributed by atoms with E-state index < -0.39 is 0 Å². The Bertz CT molecular complexity index is 73.7. The van der Waals surface area contributed by atoms with Crippen molar-refractivity contribution in [2.24, 2.45) is 0 Å². The number of nitrogens with one attached hydrogen (secondary N) is 1. The third kappa shape index (κ3) is 3.85. The molecule has 0 aromatic rings. The first-order chi connectivity index (χ1) is 4.72. The van der Waals surface area contributed by atoms with Crippen LogP contribution in [-0.4, -0.2) is 31.7 Å². The van der Waals surface area contributed by atoms with Crippen molar-refractivity contribution in [1.82, 2.24) is 10.2 Å². The molecule has 0 saturated heterocycles. The highest BCUT2D eigenvalue weighted by atomic mass is 15.2. The molecule has 0 aromatic heterocycles. The summed E-state index contributed by atoms with van der Waals surface area (Å²) >= 11 is 0. The summed E-state index contributed by atoms with van der Waals surface area (Å²) in [6, 6.07) is 0. The highest BCUT2D eigenvalue weighted by Crippen LogP contribution is 1.94. The summed E-state index contributed by atoms with van der Waals surface area (Å²) in [5.74, 6) is 0. The molecule has 10 heavy (non-hydrogen) atoms. The Morgan fingerprint density at radius 1 is 1.50 bits per heavy atom. The van der Waals surface area contributed by atoms with Crippen molar-refractivity contribution in [2.75, 3.05) is 20.6 Å². The smallest absolute Gasteiger partial charge is 0.0562 e. The molecular formula is C8H20N2. The van der Waals surface area contributed by atoms with E-state index in [1.165, 1.54) is 19.4 Å². The van der Waals surface area contributed by atoms with Gasteiger partial charge in [-0.05, 0) is 34.0 Å². The summed E-state index contributed by atoms with van der Waals surface area (Å²) in [5.41, 5.74) is 0. The first-order valence-electron chi connectivity index (χ1n) is 4.09. The van der Waals surface area contributed by atoms with Crippen molar-refractivity contribution in [3.05, 3.63) is 0 Å². The predicted octanol–water partition coefficient (Wildman–Crippen LogP) is 1.28. The van der Waals surface area contributed by atoms with E-state index in [1.54, 1.807) is 0 Å². The maximum absolute atomic E-state index is 3.20. The monoisotopic (exact) mass is 144 g/mol. The van der Waals surface area contributed by atoms with Crippen molar-refractivity contribution in [3.8, 4) is 0 Å². The summed E-state index contributed by atoms with van der Waals surface area (Å²) < 4.78 is 0. The van der Waals surface area contributed by atoms with Gasteiger partial charge in [0.05, 0.1) is 6.17 Å². The second-order valence-corrected chi connectivity index (χ2v) is 2.80. The zero-order valence-corrected chi connectivity index (χ0v) is 7.65. The van der Waals surface area contributed by atoms with Crippen LogP contribution in [0.15, 0.2) is 0 Å². The van der Waals surface area contributed by atoms with Crippen LogP contribution in [0.5, 0.6) is 0 Å². The molecule has 0 spiro atoms. The largest absolute Gasteiger partial charge is 0.305 e. The fourth-order valence-corrected chi connectivity index (χ4v) is 0.822. The lowest BCUT2D eigenvalue weighted by Gasteiger charge is -2.23. The second-order valence-electron chi connectivity index (χ2n) is 2.80.